The van der Waals surface area contributed by atoms with Crippen molar-refractivity contribution >= 4 is 45.3 Å². The fourth-order valence-electron chi connectivity index (χ4n) is 7.67. The van der Waals surface area contributed by atoms with Gasteiger partial charge in [-0.3, -0.25) is 19.2 Å². The van der Waals surface area contributed by atoms with Crippen LogP contribution in [0.4, 0.5) is 5.69 Å². The van der Waals surface area contributed by atoms with E-state index in [2.05, 4.69) is 21.2 Å². The summed E-state index contributed by atoms with van der Waals surface area (Å²) in [4.78, 5) is 60.2. The summed E-state index contributed by atoms with van der Waals surface area (Å²) in [5.41, 5.74) is 1.99. The van der Waals surface area contributed by atoms with Crippen molar-refractivity contribution in [2.45, 2.75) is 76.2 Å². The molecule has 0 aliphatic carbocycles. The number of allylic oxidation sites excluding steroid dienone is 1. The lowest BCUT2D eigenvalue weighted by atomic mass is 9.74. The second-order valence-electron chi connectivity index (χ2n) is 13.4. The number of ether oxygens (including phenoxy) is 2. The molecule has 0 saturated carbocycles. The van der Waals surface area contributed by atoms with Crippen molar-refractivity contribution in [3.63, 3.8) is 0 Å². The van der Waals surface area contributed by atoms with E-state index in [0.717, 1.165) is 35.2 Å². The number of aliphatic hydroxyl groups excluding tert-OH is 1. The van der Waals surface area contributed by atoms with Crippen LogP contribution in [0.15, 0.2) is 71.2 Å². The Kier molecular flexibility index (Phi) is 10.7. The van der Waals surface area contributed by atoms with Gasteiger partial charge in [-0.15, -0.1) is 0 Å². The number of benzene rings is 2. The summed E-state index contributed by atoms with van der Waals surface area (Å²) >= 11 is 3.64. The van der Waals surface area contributed by atoms with Gasteiger partial charge in [0.2, 0.25) is 11.8 Å². The van der Waals surface area contributed by atoms with Crippen LogP contribution in [-0.2, 0) is 28.7 Å². The number of anilines is 1. The predicted octanol–water partition coefficient (Wildman–Crippen LogP) is 4.81. The molecule has 0 aromatic heterocycles. The van der Waals surface area contributed by atoms with Gasteiger partial charge >= 0.3 is 5.97 Å². The number of nitrogens with one attached hydrogen (secondary N) is 1. The Morgan fingerprint density at radius 3 is 2.53 bits per heavy atom. The van der Waals surface area contributed by atoms with Gasteiger partial charge in [-0.25, -0.2) is 0 Å². The molecule has 5 bridgehead atoms. The lowest BCUT2D eigenvalue weighted by Crippen LogP contribution is -2.56. The number of hydrogen-bond donors (Lipinski definition) is 2. The van der Waals surface area contributed by atoms with Crippen LogP contribution in [0.25, 0.3) is 0 Å². The maximum Gasteiger partial charge on any atom is 0.306 e. The number of aliphatic hydroxyl groups is 1. The highest BCUT2D eigenvalue weighted by Crippen LogP contribution is 2.59. The van der Waals surface area contributed by atoms with Crippen LogP contribution >= 0.6 is 15.9 Å². The number of halogens is 1. The fourth-order valence-corrected chi connectivity index (χ4v) is 8.41. The first-order valence-electron chi connectivity index (χ1n) is 17.2. The van der Waals surface area contributed by atoms with Crippen molar-refractivity contribution in [2.75, 3.05) is 31.2 Å². The highest BCUT2D eigenvalue weighted by Gasteiger charge is 2.74. The number of nitrogens with zero attached hydrogens (tertiary/aromatic N) is 2. The Morgan fingerprint density at radius 2 is 1.76 bits per heavy atom. The molecule has 49 heavy (non-hydrogen) atoms. The van der Waals surface area contributed by atoms with Gasteiger partial charge in [-0.05, 0) is 61.9 Å². The molecular weight excluding hydrogens is 690 g/mol. The molecule has 1 spiro atoms. The van der Waals surface area contributed by atoms with Crippen LogP contribution in [0, 0.1) is 25.7 Å². The zero-order valence-electron chi connectivity index (χ0n) is 28.0. The Balaban J connectivity index is 1.44. The van der Waals surface area contributed by atoms with Gasteiger partial charge in [0, 0.05) is 36.3 Å². The third-order valence-electron chi connectivity index (χ3n) is 10.1. The fraction of sp³-hybridized carbons (Fsp3) is 0.474. The Bertz CT molecular complexity index is 1640. The molecule has 4 aliphatic rings. The molecule has 11 heteroatoms. The summed E-state index contributed by atoms with van der Waals surface area (Å²) in [6, 6.07) is 13.5. The molecule has 0 unspecified atom stereocenters. The normalized spacial score (nSPS) is 29.5. The number of esters is 1. The molecule has 2 saturated heterocycles. The molecule has 6 atom stereocenters. The lowest BCUT2D eigenvalue weighted by molar-refractivity contribution is -0.145. The molecule has 10 nitrogen and oxygen atoms in total. The lowest BCUT2D eigenvalue weighted by Gasteiger charge is -2.36. The summed E-state index contributed by atoms with van der Waals surface area (Å²) in [6.45, 7) is 4.46. The van der Waals surface area contributed by atoms with Crippen LogP contribution in [0.3, 0.4) is 0 Å². The Morgan fingerprint density at radius 1 is 0.980 bits per heavy atom. The summed E-state index contributed by atoms with van der Waals surface area (Å²) in [5.74, 6) is -3.26. The maximum absolute atomic E-state index is 15.1. The number of carbonyl (C=O) groups excluding carboxylic acids is 4. The number of hydrogen-bond acceptors (Lipinski definition) is 7. The summed E-state index contributed by atoms with van der Waals surface area (Å²) in [5, 5.41) is 12.4. The quantitative estimate of drug-likeness (QED) is 0.227. The number of unbranched alkanes of at least 4 members (excludes halogenated alkanes) is 3. The van der Waals surface area contributed by atoms with Crippen molar-refractivity contribution in [1.29, 1.82) is 0 Å². The van der Waals surface area contributed by atoms with Crippen LogP contribution < -0.4 is 10.2 Å². The first kappa shape index (κ1) is 35.0. The van der Waals surface area contributed by atoms with Crippen molar-refractivity contribution < 1.29 is 33.8 Å². The summed E-state index contributed by atoms with van der Waals surface area (Å²) < 4.78 is 13.0. The Labute approximate surface area is 295 Å². The van der Waals surface area contributed by atoms with Gasteiger partial charge < -0.3 is 29.7 Å². The highest BCUT2D eigenvalue weighted by molar-refractivity contribution is 9.11. The molecule has 260 valence electrons. The molecule has 2 aromatic carbocycles. The zero-order valence-corrected chi connectivity index (χ0v) is 29.6. The van der Waals surface area contributed by atoms with Crippen LogP contribution in [0.2, 0.25) is 0 Å². The van der Waals surface area contributed by atoms with E-state index < -0.39 is 47.5 Å². The minimum Gasteiger partial charge on any atom is -0.463 e. The van der Waals surface area contributed by atoms with E-state index in [0.29, 0.717) is 30.3 Å². The minimum atomic E-state index is -1.37. The maximum atomic E-state index is 15.1. The third-order valence-corrected chi connectivity index (χ3v) is 10.8. The molecule has 2 N–H and O–H groups in total. The minimum absolute atomic E-state index is 0.0706. The van der Waals surface area contributed by atoms with E-state index in [9.17, 15) is 19.5 Å². The number of fused-ring (bicyclic) bond motifs is 2. The molecule has 4 aliphatic heterocycles. The van der Waals surface area contributed by atoms with E-state index in [-0.39, 0.29) is 38.0 Å². The molecule has 2 fully saturated rings. The van der Waals surface area contributed by atoms with Crippen molar-refractivity contribution in [3.8, 4) is 0 Å². The van der Waals surface area contributed by atoms with Gasteiger partial charge in [0.15, 0.2) is 0 Å². The second kappa shape index (κ2) is 15.0. The van der Waals surface area contributed by atoms with E-state index in [1.54, 1.807) is 9.80 Å². The standard InChI is InChI=1S/C38H44BrN3O7/c1-24-16-17-25(2)29(21-24)41-18-11-6-9-15-30(44)48-23-28(26-13-7-5-8-14-26)40-35(45)31-32-36(46)42(19-10-3-4-12-20-43)34(37(41)47)38(32)22-27(39)33(31)49-38/h5-8,11,13-14,16-17,21-22,28,31-34,43H,3-4,9-10,12,15,18-20,23H2,1-2H3,(H,40,45)/b11-6-/t28-,31-,32+,33-,34-,38+/m1/s1. The van der Waals surface area contributed by atoms with E-state index in [1.807, 2.05) is 80.6 Å². The van der Waals surface area contributed by atoms with Gasteiger partial charge in [-0.2, -0.15) is 0 Å². The average molecular weight is 735 g/mol. The van der Waals surface area contributed by atoms with Crippen LogP contribution in [0.5, 0.6) is 0 Å². The Hall–Kier alpha value is -3.80. The van der Waals surface area contributed by atoms with E-state index in [4.69, 9.17) is 9.47 Å². The van der Waals surface area contributed by atoms with Crippen molar-refractivity contribution in [3.05, 3.63) is 87.9 Å². The second-order valence-corrected chi connectivity index (χ2v) is 14.3. The van der Waals surface area contributed by atoms with E-state index >= 15 is 4.79 Å². The third kappa shape index (κ3) is 6.85. The molecule has 6 rings (SSSR count). The molecule has 0 radical (unpaired) electrons. The molecule has 3 amide bonds. The van der Waals surface area contributed by atoms with Crippen LogP contribution in [-0.4, -0.2) is 77.7 Å². The average Bonchev–Trinajstić information content (AvgIpc) is 3.68. The highest BCUT2D eigenvalue weighted by atomic mass is 79.9. The van der Waals surface area contributed by atoms with Gasteiger partial charge in [0.25, 0.3) is 5.91 Å². The number of carbonyl (C=O) groups is 4. The van der Waals surface area contributed by atoms with Crippen molar-refractivity contribution in [1.82, 2.24) is 10.2 Å². The predicted molar refractivity (Wildman–Crippen MR) is 188 cm³/mol. The number of likely N-dealkylation sites (tertiary alicyclic amines) is 1. The van der Waals surface area contributed by atoms with E-state index in [1.165, 1.54) is 0 Å². The zero-order chi connectivity index (χ0) is 34.7. The first-order chi connectivity index (χ1) is 23.7. The summed E-state index contributed by atoms with van der Waals surface area (Å²) in [7, 11) is 0. The summed E-state index contributed by atoms with van der Waals surface area (Å²) in [6.07, 6.45) is 8.23. The SMILES string of the molecule is Cc1ccc(C)c(N2C/C=C\CCC(=O)OC[C@H](c3ccccc3)NC(=O)[C@H]3[C@@H]4O[C@@]5(C=C4Br)[C@@H]3C(=O)N(CCCCCCO)[C@@H]5C2=O)c1. The number of aryl methyl sites for hydroxylation is 2. The molecule has 4 heterocycles. The molecular formula is C38H44BrN3O7. The monoisotopic (exact) mass is 733 g/mol. The topological polar surface area (TPSA) is 125 Å². The van der Waals surface area contributed by atoms with Gasteiger partial charge in [0.1, 0.15) is 24.4 Å². The van der Waals surface area contributed by atoms with Gasteiger partial charge in [0.05, 0.1) is 17.9 Å². The van der Waals surface area contributed by atoms with Crippen LogP contribution in [0.1, 0.15) is 61.3 Å². The number of rotatable bonds is 8. The largest absolute Gasteiger partial charge is 0.463 e. The number of cyclic esters (lactones) is 1. The smallest absolute Gasteiger partial charge is 0.306 e. The van der Waals surface area contributed by atoms with Crippen molar-refractivity contribution in [2.24, 2.45) is 11.8 Å². The molecule has 2 aromatic rings. The first-order valence-corrected chi connectivity index (χ1v) is 18.0. The number of amides is 3. The van der Waals surface area contributed by atoms with Gasteiger partial charge in [-0.1, -0.05) is 83.4 Å².